The summed E-state index contributed by atoms with van der Waals surface area (Å²) in [7, 11) is 2.88. The zero-order valence-electron chi connectivity index (χ0n) is 14.9. The molecule has 1 amide bonds. The lowest BCUT2D eigenvalue weighted by atomic mass is 9.83. The van der Waals surface area contributed by atoms with Crippen molar-refractivity contribution in [2.75, 3.05) is 25.7 Å². The number of hydrogen-bond donors (Lipinski definition) is 0. The van der Waals surface area contributed by atoms with Crippen LogP contribution in [0.1, 0.15) is 20.3 Å². The van der Waals surface area contributed by atoms with E-state index >= 15 is 0 Å². The lowest BCUT2D eigenvalue weighted by Gasteiger charge is -2.46. The lowest BCUT2D eigenvalue weighted by Crippen LogP contribution is -2.65. The van der Waals surface area contributed by atoms with Crippen LogP contribution in [0.5, 0.6) is 5.75 Å². The number of esters is 1. The Morgan fingerprint density at radius 1 is 1.28 bits per heavy atom. The van der Waals surface area contributed by atoms with Crippen molar-refractivity contribution in [1.29, 1.82) is 0 Å². The van der Waals surface area contributed by atoms with Crippen LogP contribution in [0.25, 0.3) is 0 Å². The number of carbonyl (C=O) groups is 2. The summed E-state index contributed by atoms with van der Waals surface area (Å²) in [4.78, 5) is 26.2. The topological polar surface area (TPSA) is 74.3 Å². The van der Waals surface area contributed by atoms with Crippen LogP contribution in [0.2, 0.25) is 0 Å². The Balaban J connectivity index is 1.80. The molecule has 2 saturated heterocycles. The van der Waals surface area contributed by atoms with Crippen LogP contribution in [-0.4, -0.2) is 50.6 Å². The van der Waals surface area contributed by atoms with Gasteiger partial charge in [0, 0.05) is 5.69 Å². The minimum Gasteiger partial charge on any atom is -0.497 e. The molecular formula is C18H23NO6. The molecule has 7 heteroatoms. The first-order valence-corrected chi connectivity index (χ1v) is 8.23. The molecule has 2 heterocycles. The zero-order valence-corrected chi connectivity index (χ0v) is 14.9. The summed E-state index contributed by atoms with van der Waals surface area (Å²) in [5, 5.41) is 0. The third-order valence-corrected chi connectivity index (χ3v) is 4.60. The van der Waals surface area contributed by atoms with Crippen LogP contribution in [0.3, 0.4) is 0 Å². The Bertz CT molecular complexity index is 656. The summed E-state index contributed by atoms with van der Waals surface area (Å²) in [5.74, 6) is -1.53. The monoisotopic (exact) mass is 349 g/mol. The summed E-state index contributed by atoms with van der Waals surface area (Å²) < 4.78 is 21.4. The van der Waals surface area contributed by atoms with E-state index in [4.69, 9.17) is 18.9 Å². The number of benzene rings is 1. The van der Waals surface area contributed by atoms with Crippen LogP contribution in [0, 0.1) is 5.92 Å². The van der Waals surface area contributed by atoms with Crippen molar-refractivity contribution in [2.24, 2.45) is 5.92 Å². The zero-order chi connectivity index (χ0) is 18.2. The van der Waals surface area contributed by atoms with Crippen molar-refractivity contribution in [3.63, 3.8) is 0 Å². The van der Waals surface area contributed by atoms with Crippen molar-refractivity contribution in [1.82, 2.24) is 0 Å². The molecule has 1 aromatic carbocycles. The summed E-state index contributed by atoms with van der Waals surface area (Å²) >= 11 is 0. The summed E-state index contributed by atoms with van der Waals surface area (Å²) in [6.07, 6.45) is 0.321. The summed E-state index contributed by atoms with van der Waals surface area (Å²) in [6.45, 7) is 4.12. The molecule has 0 spiro atoms. The maximum Gasteiger partial charge on any atom is 0.320 e. The fraction of sp³-hybridized carbons (Fsp3) is 0.556. The largest absolute Gasteiger partial charge is 0.497 e. The van der Waals surface area contributed by atoms with Gasteiger partial charge in [0.15, 0.2) is 11.7 Å². The Kier molecular flexibility index (Phi) is 4.71. The second-order valence-corrected chi connectivity index (χ2v) is 6.66. The van der Waals surface area contributed by atoms with Crippen molar-refractivity contribution in [3.8, 4) is 5.75 Å². The minimum absolute atomic E-state index is 0.180. The molecule has 2 aliphatic heterocycles. The average molecular weight is 349 g/mol. The third kappa shape index (κ3) is 3.34. The maximum absolute atomic E-state index is 12.6. The number of ether oxygens (including phenoxy) is 4. The highest BCUT2D eigenvalue weighted by Crippen LogP contribution is 2.38. The number of anilines is 1. The van der Waals surface area contributed by atoms with Gasteiger partial charge in [-0.05, 0) is 44.5 Å². The highest BCUT2D eigenvalue weighted by atomic mass is 16.7. The van der Waals surface area contributed by atoms with Gasteiger partial charge in [0.1, 0.15) is 5.75 Å². The van der Waals surface area contributed by atoms with Gasteiger partial charge in [-0.25, -0.2) is 0 Å². The molecule has 25 heavy (non-hydrogen) atoms. The molecule has 2 fully saturated rings. The van der Waals surface area contributed by atoms with Crippen LogP contribution in [0.15, 0.2) is 24.3 Å². The summed E-state index contributed by atoms with van der Waals surface area (Å²) in [5.41, 5.74) is 0.717. The molecule has 0 bridgehead atoms. The van der Waals surface area contributed by atoms with E-state index in [0.717, 1.165) is 0 Å². The van der Waals surface area contributed by atoms with Gasteiger partial charge < -0.3 is 23.8 Å². The highest BCUT2D eigenvalue weighted by Gasteiger charge is 2.54. The van der Waals surface area contributed by atoms with Gasteiger partial charge >= 0.3 is 5.97 Å². The van der Waals surface area contributed by atoms with Crippen LogP contribution in [0.4, 0.5) is 5.69 Å². The second-order valence-electron chi connectivity index (χ2n) is 6.66. The fourth-order valence-electron chi connectivity index (χ4n) is 3.38. The predicted octanol–water partition coefficient (Wildman–Crippen LogP) is 1.74. The molecule has 136 valence electrons. The maximum atomic E-state index is 12.6. The van der Waals surface area contributed by atoms with Crippen molar-refractivity contribution >= 4 is 17.6 Å². The van der Waals surface area contributed by atoms with Crippen LogP contribution < -0.4 is 9.64 Å². The van der Waals surface area contributed by atoms with E-state index < -0.39 is 17.7 Å². The van der Waals surface area contributed by atoms with Gasteiger partial charge in [0.05, 0.1) is 33.0 Å². The number of β-lactam (4-membered cyclic amide) rings is 1. The number of carbonyl (C=O) groups excluding carboxylic acids is 2. The van der Waals surface area contributed by atoms with Gasteiger partial charge in [-0.15, -0.1) is 0 Å². The first-order chi connectivity index (χ1) is 11.9. The molecule has 2 unspecified atom stereocenters. The number of rotatable bonds is 5. The molecule has 2 aliphatic rings. The molecule has 1 aromatic rings. The van der Waals surface area contributed by atoms with E-state index in [1.807, 2.05) is 13.8 Å². The van der Waals surface area contributed by atoms with Crippen molar-refractivity contribution in [3.05, 3.63) is 24.3 Å². The Hall–Kier alpha value is -2.12. The van der Waals surface area contributed by atoms with E-state index in [1.165, 1.54) is 7.11 Å². The van der Waals surface area contributed by atoms with Gasteiger partial charge in [-0.2, -0.15) is 0 Å². The Labute approximate surface area is 146 Å². The molecule has 7 nitrogen and oxygen atoms in total. The smallest absolute Gasteiger partial charge is 0.320 e. The molecule has 0 saturated carbocycles. The molecule has 3 rings (SSSR count). The quantitative estimate of drug-likeness (QED) is 0.458. The molecular weight excluding hydrogens is 326 g/mol. The van der Waals surface area contributed by atoms with Crippen molar-refractivity contribution in [2.45, 2.75) is 38.2 Å². The number of hydrogen-bond acceptors (Lipinski definition) is 6. The van der Waals surface area contributed by atoms with Gasteiger partial charge in [0.2, 0.25) is 5.91 Å². The molecule has 0 aliphatic carbocycles. The van der Waals surface area contributed by atoms with E-state index in [9.17, 15) is 9.59 Å². The van der Waals surface area contributed by atoms with E-state index in [-0.39, 0.29) is 18.1 Å². The average Bonchev–Trinajstić information content (AvgIpc) is 2.94. The van der Waals surface area contributed by atoms with E-state index in [0.29, 0.717) is 24.5 Å². The number of nitrogens with zero attached hydrogens (tertiary/aromatic N) is 1. The number of amides is 1. The normalized spacial score (nSPS) is 27.8. The minimum atomic E-state index is -0.806. The molecule has 0 radical (unpaired) electrons. The fourth-order valence-corrected chi connectivity index (χ4v) is 3.38. The molecule has 3 atom stereocenters. The van der Waals surface area contributed by atoms with Crippen LogP contribution >= 0.6 is 0 Å². The first kappa shape index (κ1) is 17.7. The SMILES string of the molecule is COC(=O)C1C(=O)N(c2ccc(OC)cc2)C1C[C@H]1COC(C)(C)O1. The second kappa shape index (κ2) is 6.65. The lowest BCUT2D eigenvalue weighted by molar-refractivity contribution is -0.156. The third-order valence-electron chi connectivity index (χ3n) is 4.60. The molecule has 0 aromatic heterocycles. The molecule has 0 N–H and O–H groups in total. The van der Waals surface area contributed by atoms with E-state index in [1.54, 1.807) is 36.3 Å². The summed E-state index contributed by atoms with van der Waals surface area (Å²) in [6, 6.07) is 6.84. The highest BCUT2D eigenvalue weighted by molar-refractivity contribution is 6.13. The van der Waals surface area contributed by atoms with Crippen molar-refractivity contribution < 1.29 is 28.5 Å². The van der Waals surface area contributed by atoms with Gasteiger partial charge in [-0.3, -0.25) is 9.59 Å². The Morgan fingerprint density at radius 3 is 2.48 bits per heavy atom. The van der Waals surface area contributed by atoms with Gasteiger partial charge in [0.25, 0.3) is 0 Å². The van der Waals surface area contributed by atoms with Gasteiger partial charge in [-0.1, -0.05) is 0 Å². The first-order valence-electron chi connectivity index (χ1n) is 8.23. The Morgan fingerprint density at radius 2 is 1.96 bits per heavy atom. The number of methoxy groups -OCH3 is 2. The van der Waals surface area contributed by atoms with Crippen LogP contribution in [-0.2, 0) is 23.8 Å². The predicted molar refractivity (Wildman–Crippen MR) is 89.3 cm³/mol. The standard InChI is InChI=1S/C18H23NO6/c1-18(2)24-10-13(25-18)9-14-15(17(21)23-4)16(20)19(14)11-5-7-12(22-3)8-6-11/h5-8,13-15H,9-10H2,1-4H3/t13-,14?,15?/m0/s1. The van der Waals surface area contributed by atoms with E-state index in [2.05, 4.69) is 0 Å².